The predicted molar refractivity (Wildman–Crippen MR) is 109 cm³/mol. The molecule has 0 radical (unpaired) electrons. The van der Waals surface area contributed by atoms with Gasteiger partial charge in [0.15, 0.2) is 0 Å². The molecular weight excluding hydrogens is 475 g/mol. The van der Waals surface area contributed by atoms with Crippen LogP contribution in [-0.2, 0) is 13.5 Å². The average Bonchev–Trinajstić information content (AvgIpc) is 2.62. The molecule has 0 saturated heterocycles. The molecule has 0 amide bonds. The molecule has 8 heteroatoms. The van der Waals surface area contributed by atoms with Crippen molar-refractivity contribution in [1.29, 1.82) is 0 Å². The second-order valence-electron chi connectivity index (χ2n) is 6.89. The number of hydrogen-bond donors (Lipinski definition) is 1. The van der Waals surface area contributed by atoms with E-state index in [1.165, 1.54) is 12.1 Å². The Labute approximate surface area is 168 Å². The number of benzene rings is 1. The van der Waals surface area contributed by atoms with Crippen molar-refractivity contribution >= 4 is 35.2 Å². The number of carbonyl (C=O) groups is 1. The summed E-state index contributed by atoms with van der Waals surface area (Å²) in [5.74, 6) is -0.736. The Kier molecular flexibility index (Phi) is 10.7. The first-order chi connectivity index (χ1) is 12.8. The zero-order valence-electron chi connectivity index (χ0n) is 16.6. The molecule has 1 rings (SSSR count). The third kappa shape index (κ3) is 8.83. The maximum atomic E-state index is 12.9. The molecule has 1 aromatic rings. The molecule has 1 N–H and O–H groups in total. The molecule has 0 aromatic heterocycles. The van der Waals surface area contributed by atoms with Crippen LogP contribution in [0.15, 0.2) is 24.3 Å². The average molecular weight is 507 g/mol. The third-order valence-corrected chi connectivity index (χ3v) is 17.6. The van der Waals surface area contributed by atoms with E-state index in [1.807, 2.05) is 0 Å². The minimum atomic E-state index is -4.71. The van der Waals surface area contributed by atoms with Crippen molar-refractivity contribution < 1.29 is 25.0 Å². The molecule has 6 nitrogen and oxygen atoms in total. The van der Waals surface area contributed by atoms with E-state index in [2.05, 4.69) is 25.0 Å². The molecule has 0 saturated carbocycles. The number of rotatable bonds is 13. The molecule has 0 spiro atoms. The summed E-state index contributed by atoms with van der Waals surface area (Å²) < 4.78 is 44.8. The molecule has 0 aliphatic rings. The van der Waals surface area contributed by atoms with Crippen LogP contribution in [0.1, 0.15) is 69.7 Å². The first kappa shape index (κ1) is 24.2. The van der Waals surface area contributed by atoms with E-state index in [0.717, 1.165) is 51.8 Å². The van der Waals surface area contributed by atoms with E-state index in [1.54, 1.807) is 12.1 Å². The number of para-hydroxylation sites is 1. The molecule has 1 aromatic carbocycles. The molecule has 27 heavy (non-hydrogen) atoms. The Morgan fingerprint density at radius 2 is 1.44 bits per heavy atom. The number of carbonyl (C=O) groups excluding carboxylic acids is 1. The summed E-state index contributed by atoms with van der Waals surface area (Å²) in [5, 5.41) is 0. The number of hydrogen-bond acceptors (Lipinski definition) is 5. The molecule has 0 heterocycles. The van der Waals surface area contributed by atoms with Gasteiger partial charge in [0.2, 0.25) is 0 Å². The van der Waals surface area contributed by atoms with Crippen LogP contribution in [0.25, 0.3) is 0 Å². The summed E-state index contributed by atoms with van der Waals surface area (Å²) >= 11 is -3.19. The van der Waals surface area contributed by atoms with Gasteiger partial charge in [-0.2, -0.15) is 0 Å². The molecule has 0 aliphatic carbocycles. The summed E-state index contributed by atoms with van der Waals surface area (Å²) in [5.41, 5.74) is 0.0423. The van der Waals surface area contributed by atoms with E-state index in [-0.39, 0.29) is 11.3 Å². The van der Waals surface area contributed by atoms with E-state index >= 15 is 0 Å². The van der Waals surface area contributed by atoms with Crippen LogP contribution >= 0.6 is 0 Å². The summed E-state index contributed by atoms with van der Waals surface area (Å²) in [7, 11) is -4.71. The van der Waals surface area contributed by atoms with Crippen molar-refractivity contribution in [3.8, 4) is 5.75 Å². The second kappa shape index (κ2) is 11.9. The van der Waals surface area contributed by atoms with Crippen molar-refractivity contribution in [3.63, 3.8) is 0 Å². The van der Waals surface area contributed by atoms with Gasteiger partial charge in [-0.15, -0.1) is 0 Å². The summed E-state index contributed by atoms with van der Waals surface area (Å²) in [6.07, 6.45) is 6.28. The molecule has 0 atom stereocenters. The molecule has 0 bridgehead atoms. The minimum absolute atomic E-state index is 0.0423. The SMILES string of the molecule is CCC[CH2][Sn]([CH2]CCC)([CH2]CCC)[O]C(=O)c1ccccc1OS(=O)(=O)O. The van der Waals surface area contributed by atoms with Gasteiger partial charge in [0.1, 0.15) is 0 Å². The van der Waals surface area contributed by atoms with Crippen molar-refractivity contribution in [2.45, 2.75) is 72.6 Å². The fourth-order valence-corrected chi connectivity index (χ4v) is 16.5. The molecule has 0 unspecified atom stereocenters. The van der Waals surface area contributed by atoms with Gasteiger partial charge in [0.05, 0.1) is 0 Å². The Morgan fingerprint density at radius 1 is 0.963 bits per heavy atom. The summed E-state index contributed by atoms with van der Waals surface area (Å²) in [6.45, 7) is 6.40. The van der Waals surface area contributed by atoms with Crippen LogP contribution in [0.3, 0.4) is 0 Å². The summed E-state index contributed by atoms with van der Waals surface area (Å²) in [6, 6.07) is 5.97. The Hall–Kier alpha value is -0.801. The quantitative estimate of drug-likeness (QED) is 0.285. The van der Waals surface area contributed by atoms with E-state index in [4.69, 9.17) is 7.63 Å². The van der Waals surface area contributed by atoms with Crippen LogP contribution in [0.4, 0.5) is 0 Å². The van der Waals surface area contributed by atoms with Crippen molar-refractivity contribution in [2.24, 2.45) is 0 Å². The van der Waals surface area contributed by atoms with Gasteiger partial charge in [-0.25, -0.2) is 0 Å². The van der Waals surface area contributed by atoms with Crippen LogP contribution in [0.5, 0.6) is 5.75 Å². The van der Waals surface area contributed by atoms with Crippen molar-refractivity contribution in [3.05, 3.63) is 29.8 Å². The predicted octanol–water partition coefficient (Wildman–Crippen LogP) is 5.37. The van der Waals surface area contributed by atoms with Crippen LogP contribution in [0, 0.1) is 0 Å². The topological polar surface area (TPSA) is 89.9 Å². The maximum absolute atomic E-state index is 12.9. The van der Waals surface area contributed by atoms with Crippen molar-refractivity contribution in [1.82, 2.24) is 0 Å². The van der Waals surface area contributed by atoms with Gasteiger partial charge in [0.25, 0.3) is 0 Å². The first-order valence-corrected chi connectivity index (χ1v) is 18.3. The third-order valence-electron chi connectivity index (χ3n) is 4.57. The monoisotopic (exact) mass is 508 g/mol. The van der Waals surface area contributed by atoms with Gasteiger partial charge < -0.3 is 0 Å². The Balaban J connectivity index is 3.13. The van der Waals surface area contributed by atoms with Crippen LogP contribution in [0.2, 0.25) is 13.3 Å². The normalized spacial score (nSPS) is 12.0. The van der Waals surface area contributed by atoms with Crippen LogP contribution < -0.4 is 4.18 Å². The summed E-state index contributed by atoms with van der Waals surface area (Å²) in [4.78, 5) is 12.9. The zero-order chi connectivity index (χ0) is 20.3. The molecule has 154 valence electrons. The van der Waals surface area contributed by atoms with E-state index < -0.39 is 35.2 Å². The van der Waals surface area contributed by atoms with Gasteiger partial charge in [-0.05, 0) is 0 Å². The zero-order valence-corrected chi connectivity index (χ0v) is 20.2. The van der Waals surface area contributed by atoms with Gasteiger partial charge >= 0.3 is 168 Å². The first-order valence-electron chi connectivity index (χ1n) is 9.76. The van der Waals surface area contributed by atoms with Gasteiger partial charge in [0, 0.05) is 0 Å². The molecule has 0 fully saturated rings. The fourth-order valence-electron chi connectivity index (χ4n) is 3.10. The van der Waals surface area contributed by atoms with Crippen LogP contribution in [-0.4, -0.2) is 37.7 Å². The molecule has 0 aliphatic heterocycles. The van der Waals surface area contributed by atoms with E-state index in [0.29, 0.717) is 0 Å². The van der Waals surface area contributed by atoms with Gasteiger partial charge in [-0.3, -0.25) is 0 Å². The fraction of sp³-hybridized carbons (Fsp3) is 0.632. The standard InChI is InChI=1S/C7H6O6S.3C4H9.Sn/c8-7(9)5-3-1-2-4-6(5)13-14(10,11)12;3*1-3-4-2;/h1-4H,(H,8,9)(H,10,11,12);3*1,3-4H2,2H3;/q;;;;+1/p-1. The Morgan fingerprint density at radius 3 is 1.89 bits per heavy atom. The van der Waals surface area contributed by atoms with E-state index in [9.17, 15) is 13.2 Å². The second-order valence-corrected chi connectivity index (χ2v) is 19.5. The Bertz CT molecular complexity index is 667. The van der Waals surface area contributed by atoms with Gasteiger partial charge in [-0.1, -0.05) is 0 Å². The van der Waals surface area contributed by atoms with Crippen molar-refractivity contribution in [2.75, 3.05) is 0 Å². The molecular formula is C19H32O6SSn. The number of unbranched alkanes of at least 4 members (excludes halogenated alkanes) is 3.